The van der Waals surface area contributed by atoms with Crippen LogP contribution in [-0.2, 0) is 5.88 Å². The Morgan fingerprint density at radius 3 is 3.08 bits per heavy atom. The van der Waals surface area contributed by atoms with Gasteiger partial charge in [0.2, 0.25) is 0 Å². The summed E-state index contributed by atoms with van der Waals surface area (Å²) in [6, 6.07) is 0. The van der Waals surface area contributed by atoms with Crippen LogP contribution in [0, 0.1) is 6.92 Å². The number of aryl methyl sites for hydroxylation is 1. The highest BCUT2D eigenvalue weighted by atomic mass is 35.5. The fourth-order valence-corrected chi connectivity index (χ4v) is 2.33. The summed E-state index contributed by atoms with van der Waals surface area (Å²) >= 11 is 7.41. The van der Waals surface area contributed by atoms with Crippen LogP contribution in [-0.4, -0.2) is 9.38 Å². The third-order valence-electron chi connectivity index (χ3n) is 1.65. The van der Waals surface area contributed by atoms with Crippen LogP contribution in [0.3, 0.4) is 0 Å². The number of rotatable bonds is 1. The van der Waals surface area contributed by atoms with E-state index in [2.05, 4.69) is 14.8 Å². The highest BCUT2D eigenvalue weighted by Crippen LogP contribution is 2.19. The lowest BCUT2D eigenvalue weighted by Gasteiger charge is -1.92. The van der Waals surface area contributed by atoms with Crippen molar-refractivity contribution in [3.05, 3.63) is 23.1 Å². The van der Waals surface area contributed by atoms with Crippen molar-refractivity contribution < 1.29 is 0 Å². The summed E-state index contributed by atoms with van der Waals surface area (Å²) in [6.45, 7) is 1.98. The first kappa shape index (κ1) is 9.84. The zero-order chi connectivity index (χ0) is 7.84. The molecule has 5 heteroatoms. The smallest absolute Gasteiger partial charge is 0.119 e. The minimum Gasteiger partial charge on any atom is -0.290 e. The molecule has 0 unspecified atom stereocenters. The standard InChI is InChI=1S/C7H7ClN2S.ClH/c1-5-9-3-7-10(5)6(2-8)4-11-7;/h3-4H,2H2,1H3;1H. The van der Waals surface area contributed by atoms with E-state index in [0.717, 1.165) is 16.3 Å². The number of hydrogen-bond donors (Lipinski definition) is 0. The number of hydrogen-bond acceptors (Lipinski definition) is 2. The van der Waals surface area contributed by atoms with Crippen LogP contribution >= 0.6 is 35.3 Å². The van der Waals surface area contributed by atoms with E-state index in [-0.39, 0.29) is 12.4 Å². The van der Waals surface area contributed by atoms with Crippen LogP contribution in [0.2, 0.25) is 0 Å². The molecule has 0 bridgehead atoms. The van der Waals surface area contributed by atoms with Crippen LogP contribution in [0.5, 0.6) is 0 Å². The Morgan fingerprint density at radius 1 is 1.67 bits per heavy atom. The Balaban J connectivity index is 0.000000720. The second-order valence-electron chi connectivity index (χ2n) is 2.34. The van der Waals surface area contributed by atoms with E-state index < -0.39 is 0 Å². The van der Waals surface area contributed by atoms with Gasteiger partial charge in [0, 0.05) is 11.1 Å². The fourth-order valence-electron chi connectivity index (χ4n) is 1.13. The van der Waals surface area contributed by atoms with E-state index in [0.29, 0.717) is 5.88 Å². The molecule has 12 heavy (non-hydrogen) atoms. The predicted molar refractivity (Wildman–Crippen MR) is 54.6 cm³/mol. The zero-order valence-electron chi connectivity index (χ0n) is 6.45. The number of nitrogens with zero attached hydrogens (tertiary/aromatic N) is 2. The van der Waals surface area contributed by atoms with Crippen molar-refractivity contribution in [2.75, 3.05) is 0 Å². The van der Waals surface area contributed by atoms with Gasteiger partial charge in [-0.1, -0.05) is 0 Å². The van der Waals surface area contributed by atoms with E-state index in [9.17, 15) is 0 Å². The highest BCUT2D eigenvalue weighted by molar-refractivity contribution is 7.15. The molecule has 0 saturated heterocycles. The van der Waals surface area contributed by atoms with Crippen molar-refractivity contribution in [3.63, 3.8) is 0 Å². The molecule has 2 aromatic heterocycles. The number of halogens is 2. The van der Waals surface area contributed by atoms with Crippen molar-refractivity contribution >= 4 is 40.2 Å². The molecule has 2 rings (SSSR count). The molecule has 2 nitrogen and oxygen atoms in total. The molecule has 0 aliphatic heterocycles. The predicted octanol–water partition coefficient (Wildman–Crippen LogP) is 2.86. The summed E-state index contributed by atoms with van der Waals surface area (Å²) in [4.78, 5) is 5.34. The molecular weight excluding hydrogens is 215 g/mol. The molecule has 66 valence electrons. The Morgan fingerprint density at radius 2 is 2.42 bits per heavy atom. The quantitative estimate of drug-likeness (QED) is 0.679. The van der Waals surface area contributed by atoms with E-state index in [1.807, 2.05) is 13.1 Å². The number of fused-ring (bicyclic) bond motifs is 1. The monoisotopic (exact) mass is 222 g/mol. The fraction of sp³-hybridized carbons (Fsp3) is 0.286. The Hall–Kier alpha value is -0.250. The SMILES string of the molecule is Cc1ncc2scc(CCl)n12.Cl. The second kappa shape index (κ2) is 3.64. The number of imidazole rings is 1. The summed E-state index contributed by atoms with van der Waals surface area (Å²) in [7, 11) is 0. The van der Waals surface area contributed by atoms with Crippen LogP contribution in [0.15, 0.2) is 11.6 Å². The summed E-state index contributed by atoms with van der Waals surface area (Å²) in [5.41, 5.74) is 1.13. The molecule has 0 radical (unpaired) electrons. The lowest BCUT2D eigenvalue weighted by Crippen LogP contribution is -1.89. The Kier molecular flexibility index (Phi) is 2.99. The molecule has 2 heterocycles. The van der Waals surface area contributed by atoms with Gasteiger partial charge in [0.1, 0.15) is 10.7 Å². The summed E-state index contributed by atoms with van der Waals surface area (Å²) in [5.74, 6) is 1.56. The molecule has 2 aromatic rings. The topological polar surface area (TPSA) is 17.3 Å². The van der Waals surface area contributed by atoms with Gasteiger partial charge in [-0.15, -0.1) is 35.3 Å². The van der Waals surface area contributed by atoms with Gasteiger partial charge in [0.05, 0.1) is 12.1 Å². The Bertz CT molecular complexity index is 380. The molecule has 0 N–H and O–H groups in total. The average Bonchev–Trinajstić information content (AvgIpc) is 2.54. The Labute approximate surface area is 85.6 Å². The number of aromatic nitrogens is 2. The summed E-state index contributed by atoms with van der Waals surface area (Å²) in [5, 5.41) is 2.07. The van der Waals surface area contributed by atoms with Crippen LogP contribution in [0.1, 0.15) is 11.5 Å². The maximum atomic E-state index is 5.73. The number of thiazole rings is 1. The number of alkyl halides is 1. The van der Waals surface area contributed by atoms with Gasteiger partial charge in [-0.2, -0.15) is 0 Å². The van der Waals surface area contributed by atoms with Crippen LogP contribution in [0.25, 0.3) is 4.83 Å². The molecule has 0 aliphatic rings. The first-order valence-corrected chi connectivity index (χ1v) is 4.70. The third-order valence-corrected chi connectivity index (χ3v) is 2.84. The van der Waals surface area contributed by atoms with Gasteiger partial charge < -0.3 is 0 Å². The summed E-state index contributed by atoms with van der Waals surface area (Å²) < 4.78 is 2.08. The van der Waals surface area contributed by atoms with Gasteiger partial charge in [-0.25, -0.2) is 4.98 Å². The van der Waals surface area contributed by atoms with Gasteiger partial charge in [0.25, 0.3) is 0 Å². The molecule has 0 aliphatic carbocycles. The maximum absolute atomic E-state index is 5.73. The van der Waals surface area contributed by atoms with Crippen LogP contribution in [0.4, 0.5) is 0 Å². The van der Waals surface area contributed by atoms with Gasteiger partial charge in [0.15, 0.2) is 0 Å². The average molecular weight is 223 g/mol. The van der Waals surface area contributed by atoms with E-state index in [1.165, 1.54) is 0 Å². The lowest BCUT2D eigenvalue weighted by atomic mass is 10.5. The molecular formula is C7H8Cl2N2S. The van der Waals surface area contributed by atoms with Crippen LogP contribution < -0.4 is 0 Å². The van der Waals surface area contributed by atoms with Crippen molar-refractivity contribution in [1.82, 2.24) is 9.38 Å². The van der Waals surface area contributed by atoms with Gasteiger partial charge in [-0.3, -0.25) is 4.40 Å². The van der Waals surface area contributed by atoms with E-state index in [4.69, 9.17) is 11.6 Å². The molecule has 0 aromatic carbocycles. The zero-order valence-corrected chi connectivity index (χ0v) is 8.84. The van der Waals surface area contributed by atoms with E-state index in [1.54, 1.807) is 11.3 Å². The normalized spacial score (nSPS) is 10.2. The molecule has 0 atom stereocenters. The van der Waals surface area contributed by atoms with Crippen molar-refractivity contribution in [3.8, 4) is 0 Å². The second-order valence-corrected chi connectivity index (χ2v) is 3.50. The lowest BCUT2D eigenvalue weighted by molar-refractivity contribution is 1.00. The minimum absolute atomic E-state index is 0. The van der Waals surface area contributed by atoms with Crippen molar-refractivity contribution in [2.45, 2.75) is 12.8 Å². The molecule has 0 amide bonds. The molecule has 0 fully saturated rings. The maximum Gasteiger partial charge on any atom is 0.119 e. The summed E-state index contributed by atoms with van der Waals surface area (Å²) in [6.07, 6.45) is 1.87. The van der Waals surface area contributed by atoms with Crippen molar-refractivity contribution in [2.24, 2.45) is 0 Å². The molecule has 0 spiro atoms. The third kappa shape index (κ3) is 1.32. The first-order valence-electron chi connectivity index (χ1n) is 3.29. The first-order chi connectivity index (χ1) is 5.33. The molecule has 0 saturated carbocycles. The highest BCUT2D eigenvalue weighted by Gasteiger charge is 2.04. The largest absolute Gasteiger partial charge is 0.290 e. The van der Waals surface area contributed by atoms with Gasteiger partial charge in [-0.05, 0) is 6.92 Å². The minimum atomic E-state index is 0. The van der Waals surface area contributed by atoms with Gasteiger partial charge >= 0.3 is 0 Å². The van der Waals surface area contributed by atoms with Crippen molar-refractivity contribution in [1.29, 1.82) is 0 Å². The van der Waals surface area contributed by atoms with E-state index >= 15 is 0 Å².